The summed E-state index contributed by atoms with van der Waals surface area (Å²) in [7, 11) is 0. The molecule has 1 aromatic rings. The summed E-state index contributed by atoms with van der Waals surface area (Å²) in [6.07, 6.45) is 4.51. The van der Waals surface area contributed by atoms with Crippen LogP contribution in [0.5, 0.6) is 0 Å². The van der Waals surface area contributed by atoms with Crippen LogP contribution < -0.4 is 0 Å². The molecule has 1 aliphatic carbocycles. The predicted octanol–water partition coefficient (Wildman–Crippen LogP) is 2.85. The highest BCUT2D eigenvalue weighted by molar-refractivity contribution is 7.12. The molecule has 0 N–H and O–H groups in total. The third kappa shape index (κ3) is 2.74. The normalized spacial score (nSPS) is 27.2. The minimum absolute atomic E-state index is 0.105. The van der Waals surface area contributed by atoms with E-state index in [1.165, 1.54) is 18.4 Å². The van der Waals surface area contributed by atoms with E-state index in [-0.39, 0.29) is 12.2 Å². The first-order chi connectivity index (χ1) is 10.3. The number of amides is 1. The zero-order valence-corrected chi connectivity index (χ0v) is 12.9. The SMILES string of the molecule is O=C(c1sccc1C1CC1)N1CCCC(C2OCCO2)C1. The Labute approximate surface area is 129 Å². The molecular weight excluding hydrogens is 286 g/mol. The van der Waals surface area contributed by atoms with Crippen molar-refractivity contribution < 1.29 is 14.3 Å². The molecule has 2 aliphatic heterocycles. The number of likely N-dealkylation sites (tertiary alicyclic amines) is 1. The highest BCUT2D eigenvalue weighted by Gasteiger charge is 2.35. The average molecular weight is 307 g/mol. The van der Waals surface area contributed by atoms with Crippen molar-refractivity contribution >= 4 is 17.2 Å². The van der Waals surface area contributed by atoms with Crippen LogP contribution in [0.25, 0.3) is 0 Å². The Hall–Kier alpha value is -0.910. The van der Waals surface area contributed by atoms with Crippen LogP contribution in [-0.2, 0) is 9.47 Å². The van der Waals surface area contributed by atoms with E-state index in [4.69, 9.17) is 9.47 Å². The maximum Gasteiger partial charge on any atom is 0.264 e. The zero-order chi connectivity index (χ0) is 14.2. The van der Waals surface area contributed by atoms with E-state index in [9.17, 15) is 4.79 Å². The first-order valence-corrected chi connectivity index (χ1v) is 8.81. The number of carbonyl (C=O) groups excluding carboxylic acids is 1. The lowest BCUT2D eigenvalue weighted by Crippen LogP contribution is -2.43. The first-order valence-electron chi connectivity index (χ1n) is 7.93. The molecule has 3 aliphatic rings. The topological polar surface area (TPSA) is 38.8 Å². The summed E-state index contributed by atoms with van der Waals surface area (Å²) in [5, 5.41) is 2.06. The Kier molecular flexibility index (Phi) is 3.73. The van der Waals surface area contributed by atoms with Crippen LogP contribution in [0.1, 0.15) is 46.8 Å². The lowest BCUT2D eigenvalue weighted by atomic mass is 9.97. The lowest BCUT2D eigenvalue weighted by molar-refractivity contribution is -0.0969. The summed E-state index contributed by atoms with van der Waals surface area (Å²) in [5.41, 5.74) is 1.28. The molecule has 1 unspecified atom stereocenters. The van der Waals surface area contributed by atoms with Crippen LogP contribution >= 0.6 is 11.3 Å². The summed E-state index contributed by atoms with van der Waals surface area (Å²) < 4.78 is 11.3. The number of thiophene rings is 1. The van der Waals surface area contributed by atoms with Crippen LogP contribution in [-0.4, -0.2) is 43.4 Å². The molecule has 3 heterocycles. The monoisotopic (exact) mass is 307 g/mol. The maximum absolute atomic E-state index is 12.8. The van der Waals surface area contributed by atoms with Crippen LogP contribution in [0.2, 0.25) is 0 Å². The lowest BCUT2D eigenvalue weighted by Gasteiger charge is -2.34. The second-order valence-corrected chi connectivity index (χ2v) is 7.16. The Morgan fingerprint density at radius 3 is 2.81 bits per heavy atom. The van der Waals surface area contributed by atoms with E-state index < -0.39 is 0 Å². The van der Waals surface area contributed by atoms with Crippen molar-refractivity contribution in [2.45, 2.75) is 37.9 Å². The van der Waals surface area contributed by atoms with Crippen molar-refractivity contribution in [3.05, 3.63) is 21.9 Å². The molecular formula is C16H21NO3S. The van der Waals surface area contributed by atoms with Crippen LogP contribution in [0.4, 0.5) is 0 Å². The zero-order valence-electron chi connectivity index (χ0n) is 12.1. The van der Waals surface area contributed by atoms with Crippen molar-refractivity contribution in [3.8, 4) is 0 Å². The summed E-state index contributed by atoms with van der Waals surface area (Å²) in [4.78, 5) is 15.8. The molecule has 0 spiro atoms. The molecule has 0 radical (unpaired) electrons. The molecule has 21 heavy (non-hydrogen) atoms. The molecule has 114 valence electrons. The average Bonchev–Trinajstić information content (AvgIpc) is 3.05. The van der Waals surface area contributed by atoms with E-state index in [0.717, 1.165) is 30.8 Å². The largest absolute Gasteiger partial charge is 0.350 e. The number of hydrogen-bond donors (Lipinski definition) is 0. The highest BCUT2D eigenvalue weighted by atomic mass is 32.1. The van der Waals surface area contributed by atoms with Gasteiger partial charge in [-0.05, 0) is 48.6 Å². The van der Waals surface area contributed by atoms with E-state index in [0.29, 0.717) is 25.0 Å². The van der Waals surface area contributed by atoms with Crippen molar-refractivity contribution in [3.63, 3.8) is 0 Å². The van der Waals surface area contributed by atoms with Crippen molar-refractivity contribution in [2.24, 2.45) is 5.92 Å². The van der Waals surface area contributed by atoms with Crippen LogP contribution in [0.3, 0.4) is 0 Å². The van der Waals surface area contributed by atoms with Crippen LogP contribution in [0, 0.1) is 5.92 Å². The molecule has 5 heteroatoms. The van der Waals surface area contributed by atoms with Gasteiger partial charge < -0.3 is 14.4 Å². The molecule has 4 nitrogen and oxygen atoms in total. The van der Waals surface area contributed by atoms with Crippen molar-refractivity contribution in [2.75, 3.05) is 26.3 Å². The number of piperidine rings is 1. The molecule has 4 rings (SSSR count). The minimum atomic E-state index is -0.105. The number of nitrogens with zero attached hydrogens (tertiary/aromatic N) is 1. The second-order valence-electron chi connectivity index (χ2n) is 6.24. The standard InChI is InChI=1S/C16H21NO3S/c18-15(14-13(5-9-21-14)11-3-4-11)17-6-1-2-12(10-17)16-19-7-8-20-16/h5,9,11-12,16H,1-4,6-8,10H2. The molecule has 1 amide bonds. The fourth-order valence-electron chi connectivity index (χ4n) is 3.42. The molecule has 1 saturated carbocycles. The predicted molar refractivity (Wildman–Crippen MR) is 80.6 cm³/mol. The van der Waals surface area contributed by atoms with Gasteiger partial charge in [0.15, 0.2) is 6.29 Å². The van der Waals surface area contributed by atoms with Gasteiger partial charge in [0.25, 0.3) is 5.91 Å². The van der Waals surface area contributed by atoms with Gasteiger partial charge in [0.1, 0.15) is 0 Å². The molecule has 2 saturated heterocycles. The van der Waals surface area contributed by atoms with E-state index in [2.05, 4.69) is 11.4 Å². The summed E-state index contributed by atoms with van der Waals surface area (Å²) >= 11 is 1.60. The quantitative estimate of drug-likeness (QED) is 0.862. The second kappa shape index (κ2) is 5.71. The fraction of sp³-hybridized carbons (Fsp3) is 0.688. The number of hydrogen-bond acceptors (Lipinski definition) is 4. The smallest absolute Gasteiger partial charge is 0.264 e. The van der Waals surface area contributed by atoms with Gasteiger partial charge in [0.2, 0.25) is 0 Å². The molecule has 1 atom stereocenters. The Balaban J connectivity index is 1.47. The summed E-state index contributed by atoms with van der Waals surface area (Å²) in [6, 6.07) is 2.14. The van der Waals surface area contributed by atoms with E-state index in [1.807, 2.05) is 4.90 Å². The van der Waals surface area contributed by atoms with E-state index >= 15 is 0 Å². The van der Waals surface area contributed by atoms with Crippen molar-refractivity contribution in [1.29, 1.82) is 0 Å². The van der Waals surface area contributed by atoms with E-state index in [1.54, 1.807) is 11.3 Å². The van der Waals surface area contributed by atoms with Gasteiger partial charge in [0.05, 0.1) is 18.1 Å². The minimum Gasteiger partial charge on any atom is -0.350 e. The third-order valence-corrected chi connectivity index (χ3v) is 5.60. The van der Waals surface area contributed by atoms with Gasteiger partial charge in [-0.3, -0.25) is 4.79 Å². The van der Waals surface area contributed by atoms with Crippen LogP contribution in [0.15, 0.2) is 11.4 Å². The number of ether oxygens (including phenoxy) is 2. The third-order valence-electron chi connectivity index (χ3n) is 4.68. The Morgan fingerprint density at radius 1 is 1.24 bits per heavy atom. The van der Waals surface area contributed by atoms with Crippen molar-refractivity contribution in [1.82, 2.24) is 4.90 Å². The van der Waals surface area contributed by atoms with Gasteiger partial charge in [-0.25, -0.2) is 0 Å². The Bertz CT molecular complexity index is 519. The van der Waals surface area contributed by atoms with Gasteiger partial charge in [0, 0.05) is 19.0 Å². The maximum atomic E-state index is 12.8. The molecule has 1 aromatic heterocycles. The van der Waals surface area contributed by atoms with Gasteiger partial charge in [-0.1, -0.05) is 0 Å². The summed E-state index contributed by atoms with van der Waals surface area (Å²) in [6.45, 7) is 3.01. The fourth-order valence-corrected chi connectivity index (χ4v) is 4.37. The van der Waals surface area contributed by atoms with Gasteiger partial charge in [-0.15, -0.1) is 11.3 Å². The summed E-state index contributed by atoms with van der Waals surface area (Å²) in [5.74, 6) is 1.18. The van der Waals surface area contributed by atoms with Gasteiger partial charge >= 0.3 is 0 Å². The molecule has 0 bridgehead atoms. The number of rotatable bonds is 3. The highest BCUT2D eigenvalue weighted by Crippen LogP contribution is 2.43. The molecule has 3 fully saturated rings. The number of carbonyl (C=O) groups is 1. The van der Waals surface area contributed by atoms with Gasteiger partial charge in [-0.2, -0.15) is 0 Å². The Morgan fingerprint density at radius 2 is 2.05 bits per heavy atom. The first kappa shape index (κ1) is 13.7. The molecule has 0 aromatic carbocycles.